The van der Waals surface area contributed by atoms with E-state index in [9.17, 15) is 25.0 Å². The van der Waals surface area contributed by atoms with Crippen LogP contribution in [0.3, 0.4) is 0 Å². The maximum Gasteiger partial charge on any atom is 0.279 e. The number of hydrogen-bond acceptors (Lipinski definition) is 6. The third-order valence-electron chi connectivity index (χ3n) is 3.37. The first-order valence-electron chi connectivity index (χ1n) is 6.73. The molecule has 0 aliphatic rings. The van der Waals surface area contributed by atoms with Crippen LogP contribution in [-0.4, -0.2) is 22.9 Å². The Morgan fingerprint density at radius 3 is 2.38 bits per heavy atom. The summed E-state index contributed by atoms with van der Waals surface area (Å²) in [6.45, 7) is 1.36. The van der Waals surface area contributed by atoms with E-state index in [1.165, 1.54) is 14.0 Å². The van der Waals surface area contributed by atoms with Crippen molar-refractivity contribution in [3.05, 3.63) is 67.8 Å². The van der Waals surface area contributed by atoms with E-state index in [4.69, 9.17) is 4.74 Å². The molecule has 2 aromatic rings. The largest absolute Gasteiger partial charge is 0.495 e. The fraction of sp³-hybridized carbons (Fsp3) is 0.133. The van der Waals surface area contributed by atoms with E-state index >= 15 is 0 Å². The Kier molecular flexibility index (Phi) is 4.73. The van der Waals surface area contributed by atoms with Gasteiger partial charge in [0.15, 0.2) is 0 Å². The summed E-state index contributed by atoms with van der Waals surface area (Å²) >= 11 is 0. The fourth-order valence-electron chi connectivity index (χ4n) is 2.15. The first kappa shape index (κ1) is 16.9. The number of para-hydroxylation sites is 2. The molecule has 0 bridgehead atoms. The van der Waals surface area contributed by atoms with Crippen LogP contribution in [0.5, 0.6) is 5.75 Å². The number of carbonyl (C=O) groups excluding carboxylic acids is 1. The molecule has 24 heavy (non-hydrogen) atoms. The predicted octanol–water partition coefficient (Wildman–Crippen LogP) is 3.07. The Morgan fingerprint density at radius 2 is 1.79 bits per heavy atom. The monoisotopic (exact) mass is 331 g/mol. The average molecular weight is 331 g/mol. The summed E-state index contributed by atoms with van der Waals surface area (Å²) in [4.78, 5) is 32.9. The Bertz CT molecular complexity index is 834. The van der Waals surface area contributed by atoms with Gasteiger partial charge < -0.3 is 10.1 Å². The minimum absolute atomic E-state index is 0.0398. The summed E-state index contributed by atoms with van der Waals surface area (Å²) in [7, 11) is 1.43. The Hall–Kier alpha value is -3.49. The molecule has 0 fully saturated rings. The minimum Gasteiger partial charge on any atom is -0.495 e. The molecule has 0 saturated heterocycles. The highest BCUT2D eigenvalue weighted by Crippen LogP contribution is 2.30. The van der Waals surface area contributed by atoms with E-state index in [-0.39, 0.29) is 11.1 Å². The number of non-ortho nitro benzene ring substituents is 1. The summed E-state index contributed by atoms with van der Waals surface area (Å²) in [6, 6.07) is 8.41. The third kappa shape index (κ3) is 3.29. The van der Waals surface area contributed by atoms with Gasteiger partial charge in [0.05, 0.1) is 34.3 Å². The molecular weight excluding hydrogens is 318 g/mol. The molecule has 9 heteroatoms. The molecule has 1 amide bonds. The van der Waals surface area contributed by atoms with Crippen LogP contribution in [0, 0.1) is 27.2 Å². The number of amides is 1. The SMILES string of the molecule is COc1ccccc1NC(=O)c1cc([N+](=O)[O-])cc([N+](=O)[O-])c1C. The van der Waals surface area contributed by atoms with Gasteiger partial charge >= 0.3 is 0 Å². The summed E-state index contributed by atoms with van der Waals surface area (Å²) in [6.07, 6.45) is 0. The molecule has 0 aromatic heterocycles. The van der Waals surface area contributed by atoms with Crippen LogP contribution in [-0.2, 0) is 0 Å². The first-order chi connectivity index (χ1) is 11.3. The van der Waals surface area contributed by atoms with E-state index in [2.05, 4.69) is 5.32 Å². The van der Waals surface area contributed by atoms with Crippen molar-refractivity contribution in [2.75, 3.05) is 12.4 Å². The number of carbonyl (C=O) groups is 1. The van der Waals surface area contributed by atoms with Crippen LogP contribution in [0.15, 0.2) is 36.4 Å². The molecule has 2 aromatic carbocycles. The molecule has 0 radical (unpaired) electrons. The minimum atomic E-state index is -0.785. The number of nitrogens with one attached hydrogen (secondary N) is 1. The Morgan fingerprint density at radius 1 is 1.12 bits per heavy atom. The maximum absolute atomic E-state index is 12.4. The molecule has 0 heterocycles. The van der Waals surface area contributed by atoms with Crippen molar-refractivity contribution in [3.8, 4) is 5.75 Å². The average Bonchev–Trinajstić information content (AvgIpc) is 2.54. The van der Waals surface area contributed by atoms with Crippen LogP contribution >= 0.6 is 0 Å². The van der Waals surface area contributed by atoms with Crippen molar-refractivity contribution in [2.45, 2.75) is 6.92 Å². The maximum atomic E-state index is 12.4. The van der Waals surface area contributed by atoms with Crippen LogP contribution in [0.1, 0.15) is 15.9 Å². The van der Waals surface area contributed by atoms with E-state index in [1.54, 1.807) is 24.3 Å². The zero-order valence-corrected chi connectivity index (χ0v) is 12.8. The second-order valence-corrected chi connectivity index (χ2v) is 4.81. The number of ether oxygens (including phenoxy) is 1. The number of anilines is 1. The number of nitrogens with zero attached hydrogens (tertiary/aromatic N) is 2. The number of nitro groups is 2. The predicted molar refractivity (Wildman–Crippen MR) is 85.4 cm³/mol. The van der Waals surface area contributed by atoms with Crippen LogP contribution in [0.4, 0.5) is 17.1 Å². The van der Waals surface area contributed by atoms with Gasteiger partial charge in [0, 0.05) is 11.6 Å². The molecular formula is C15H13N3O6. The van der Waals surface area contributed by atoms with Gasteiger partial charge in [0.1, 0.15) is 5.75 Å². The van der Waals surface area contributed by atoms with Crippen LogP contribution in [0.25, 0.3) is 0 Å². The van der Waals surface area contributed by atoms with Gasteiger partial charge in [-0.25, -0.2) is 0 Å². The molecule has 1 N–H and O–H groups in total. The Balaban J connectivity index is 2.48. The van der Waals surface area contributed by atoms with Crippen molar-refractivity contribution in [3.63, 3.8) is 0 Å². The number of hydrogen-bond donors (Lipinski definition) is 1. The molecule has 9 nitrogen and oxygen atoms in total. The quantitative estimate of drug-likeness (QED) is 0.663. The van der Waals surface area contributed by atoms with E-state index in [1.807, 2.05) is 0 Å². The van der Waals surface area contributed by atoms with Crippen LogP contribution < -0.4 is 10.1 Å². The summed E-state index contributed by atoms with van der Waals surface area (Å²) < 4.78 is 5.11. The first-order valence-corrected chi connectivity index (χ1v) is 6.73. The lowest BCUT2D eigenvalue weighted by atomic mass is 10.0. The number of methoxy groups -OCH3 is 1. The molecule has 0 saturated carbocycles. The smallest absolute Gasteiger partial charge is 0.279 e. The summed E-state index contributed by atoms with van der Waals surface area (Å²) in [5.41, 5.74) is -0.787. The summed E-state index contributed by atoms with van der Waals surface area (Å²) in [5.74, 6) is -0.313. The zero-order chi connectivity index (χ0) is 17.9. The van der Waals surface area contributed by atoms with Gasteiger partial charge in [-0.15, -0.1) is 0 Å². The molecule has 0 spiro atoms. The van der Waals surface area contributed by atoms with Crippen molar-refractivity contribution in [1.82, 2.24) is 0 Å². The molecule has 2 rings (SSSR count). The number of nitro benzene ring substituents is 2. The van der Waals surface area contributed by atoms with Crippen molar-refractivity contribution >= 4 is 23.0 Å². The molecule has 0 unspecified atom stereocenters. The lowest BCUT2D eigenvalue weighted by Crippen LogP contribution is -2.15. The second kappa shape index (κ2) is 6.73. The van der Waals surface area contributed by atoms with Gasteiger partial charge in [0.25, 0.3) is 17.3 Å². The van der Waals surface area contributed by atoms with E-state index < -0.39 is 27.1 Å². The summed E-state index contributed by atoms with van der Waals surface area (Å²) in [5, 5.41) is 24.6. The fourth-order valence-corrected chi connectivity index (χ4v) is 2.15. The topological polar surface area (TPSA) is 125 Å². The standard InChI is InChI=1S/C15H13N3O6/c1-9-11(7-10(17(20)21)8-13(9)18(22)23)15(19)16-12-5-3-4-6-14(12)24-2/h3-8H,1-2H3,(H,16,19). The second-order valence-electron chi connectivity index (χ2n) is 4.81. The number of benzene rings is 2. The highest BCUT2D eigenvalue weighted by Gasteiger charge is 2.25. The third-order valence-corrected chi connectivity index (χ3v) is 3.37. The van der Waals surface area contributed by atoms with Gasteiger partial charge in [0.2, 0.25) is 0 Å². The van der Waals surface area contributed by atoms with E-state index in [0.29, 0.717) is 11.4 Å². The van der Waals surface area contributed by atoms with Crippen molar-refractivity contribution in [2.24, 2.45) is 0 Å². The van der Waals surface area contributed by atoms with E-state index in [0.717, 1.165) is 12.1 Å². The van der Waals surface area contributed by atoms with Crippen molar-refractivity contribution in [1.29, 1.82) is 0 Å². The highest BCUT2D eigenvalue weighted by atomic mass is 16.6. The lowest BCUT2D eigenvalue weighted by Gasteiger charge is -2.11. The Labute approximate surface area is 136 Å². The van der Waals surface area contributed by atoms with Gasteiger partial charge in [-0.2, -0.15) is 0 Å². The zero-order valence-electron chi connectivity index (χ0n) is 12.8. The van der Waals surface area contributed by atoms with Crippen LogP contribution in [0.2, 0.25) is 0 Å². The van der Waals surface area contributed by atoms with Gasteiger partial charge in [-0.05, 0) is 19.1 Å². The normalized spacial score (nSPS) is 10.1. The van der Waals surface area contributed by atoms with Gasteiger partial charge in [-0.1, -0.05) is 12.1 Å². The highest BCUT2D eigenvalue weighted by molar-refractivity contribution is 6.07. The van der Waals surface area contributed by atoms with Crippen molar-refractivity contribution < 1.29 is 19.4 Å². The lowest BCUT2D eigenvalue weighted by molar-refractivity contribution is -0.394. The molecule has 0 atom stereocenters. The van der Waals surface area contributed by atoms with Gasteiger partial charge in [-0.3, -0.25) is 25.0 Å². The molecule has 124 valence electrons. The number of rotatable bonds is 5. The molecule has 0 aliphatic carbocycles. The molecule has 0 aliphatic heterocycles.